The number of rotatable bonds is 6. The van der Waals surface area contributed by atoms with Crippen molar-refractivity contribution in [1.82, 2.24) is 4.90 Å². The minimum absolute atomic E-state index is 0.352. The van der Waals surface area contributed by atoms with Crippen molar-refractivity contribution in [2.24, 2.45) is 0 Å². The van der Waals surface area contributed by atoms with Crippen LogP contribution in [0.25, 0.3) is 0 Å². The monoisotopic (exact) mass is 424 g/mol. The standard InChI is InChI=1S/C23H24N2O2S2/c1-16-17(2)29-21(20(16)22(26)27-3)24-23(28)25(14-18-10-6-4-7-11-18)15-19-12-8-5-9-13-19/h4-13H,14-15H2,1-3H3,(H,24,28). The molecule has 0 aliphatic carbocycles. The Bertz CT molecular complexity index is 943. The molecule has 4 nitrogen and oxygen atoms in total. The average Bonchev–Trinajstić information content (AvgIpc) is 3.01. The number of carbonyl (C=O) groups excluding carboxylic acids is 1. The molecule has 0 atom stereocenters. The van der Waals surface area contributed by atoms with E-state index in [0.717, 1.165) is 15.4 Å². The number of anilines is 1. The van der Waals surface area contributed by atoms with Crippen LogP contribution in [0, 0.1) is 13.8 Å². The lowest BCUT2D eigenvalue weighted by molar-refractivity contribution is 0.0601. The Hall–Kier alpha value is -2.70. The fraction of sp³-hybridized carbons (Fsp3) is 0.217. The fourth-order valence-electron chi connectivity index (χ4n) is 3.05. The minimum Gasteiger partial charge on any atom is -0.465 e. The molecule has 0 radical (unpaired) electrons. The number of nitrogens with one attached hydrogen (secondary N) is 1. The van der Waals surface area contributed by atoms with Gasteiger partial charge < -0.3 is 15.0 Å². The zero-order valence-electron chi connectivity index (χ0n) is 16.8. The van der Waals surface area contributed by atoms with Gasteiger partial charge in [-0.15, -0.1) is 11.3 Å². The number of aryl methyl sites for hydroxylation is 1. The lowest BCUT2D eigenvalue weighted by Crippen LogP contribution is -2.34. The normalized spacial score (nSPS) is 10.4. The summed E-state index contributed by atoms with van der Waals surface area (Å²) in [6.07, 6.45) is 0. The van der Waals surface area contributed by atoms with Crippen LogP contribution in [0.3, 0.4) is 0 Å². The molecule has 0 unspecified atom stereocenters. The third kappa shape index (κ3) is 5.22. The highest BCUT2D eigenvalue weighted by Crippen LogP contribution is 2.33. The molecule has 0 spiro atoms. The zero-order valence-corrected chi connectivity index (χ0v) is 18.4. The van der Waals surface area contributed by atoms with Crippen molar-refractivity contribution < 1.29 is 9.53 Å². The summed E-state index contributed by atoms with van der Waals surface area (Å²) in [6, 6.07) is 20.4. The molecule has 0 fully saturated rings. The highest BCUT2D eigenvalue weighted by molar-refractivity contribution is 7.80. The number of carbonyl (C=O) groups is 1. The van der Waals surface area contributed by atoms with Crippen LogP contribution >= 0.6 is 23.6 Å². The molecule has 1 N–H and O–H groups in total. The van der Waals surface area contributed by atoms with E-state index in [2.05, 4.69) is 34.5 Å². The molecule has 0 bridgehead atoms. The van der Waals surface area contributed by atoms with E-state index in [1.807, 2.05) is 50.2 Å². The molecule has 6 heteroatoms. The van der Waals surface area contributed by atoms with Crippen molar-refractivity contribution in [3.63, 3.8) is 0 Å². The second-order valence-corrected chi connectivity index (χ2v) is 8.35. The maximum absolute atomic E-state index is 12.3. The van der Waals surface area contributed by atoms with Gasteiger partial charge >= 0.3 is 5.97 Å². The van der Waals surface area contributed by atoms with Crippen LogP contribution in [0.2, 0.25) is 0 Å². The van der Waals surface area contributed by atoms with Gasteiger partial charge in [-0.25, -0.2) is 4.79 Å². The third-order valence-corrected chi connectivity index (χ3v) is 6.20. The smallest absolute Gasteiger partial charge is 0.341 e. The van der Waals surface area contributed by atoms with Crippen molar-refractivity contribution >= 4 is 39.6 Å². The van der Waals surface area contributed by atoms with Crippen molar-refractivity contribution in [3.8, 4) is 0 Å². The number of ether oxygens (including phenoxy) is 1. The number of thiophene rings is 1. The van der Waals surface area contributed by atoms with Gasteiger partial charge in [0.25, 0.3) is 0 Å². The maximum Gasteiger partial charge on any atom is 0.341 e. The molecule has 0 aliphatic rings. The Morgan fingerprint density at radius 1 is 1.00 bits per heavy atom. The quantitative estimate of drug-likeness (QED) is 0.415. The summed E-state index contributed by atoms with van der Waals surface area (Å²) >= 11 is 7.28. The van der Waals surface area contributed by atoms with Gasteiger partial charge in [-0.1, -0.05) is 60.7 Å². The number of methoxy groups -OCH3 is 1. The van der Waals surface area contributed by atoms with Crippen molar-refractivity contribution in [1.29, 1.82) is 0 Å². The Kier molecular flexibility index (Phi) is 7.01. The average molecular weight is 425 g/mol. The molecule has 0 aliphatic heterocycles. The highest BCUT2D eigenvalue weighted by Gasteiger charge is 2.22. The van der Waals surface area contributed by atoms with Crippen LogP contribution in [0.5, 0.6) is 0 Å². The van der Waals surface area contributed by atoms with Gasteiger partial charge in [0.1, 0.15) is 5.00 Å². The fourth-order valence-corrected chi connectivity index (χ4v) is 4.39. The summed E-state index contributed by atoms with van der Waals surface area (Å²) in [6.45, 7) is 5.25. The van der Waals surface area contributed by atoms with Gasteiger partial charge in [-0.05, 0) is 42.8 Å². The summed E-state index contributed by atoms with van der Waals surface area (Å²) in [5.74, 6) is -0.352. The van der Waals surface area contributed by atoms with Gasteiger partial charge in [0.2, 0.25) is 0 Å². The molecule has 3 aromatic rings. The van der Waals surface area contributed by atoms with Crippen LogP contribution in [0.1, 0.15) is 31.9 Å². The molecule has 1 aromatic heterocycles. The van der Waals surface area contributed by atoms with Gasteiger partial charge in [-0.2, -0.15) is 0 Å². The van der Waals surface area contributed by atoms with E-state index in [1.54, 1.807) is 0 Å². The summed E-state index contributed by atoms with van der Waals surface area (Å²) in [5, 5.41) is 4.60. The number of nitrogens with zero attached hydrogens (tertiary/aromatic N) is 1. The van der Waals surface area contributed by atoms with E-state index < -0.39 is 0 Å². The number of hydrogen-bond acceptors (Lipinski definition) is 4. The summed E-state index contributed by atoms with van der Waals surface area (Å²) in [7, 11) is 1.40. The first kappa shape index (κ1) is 21.0. The third-order valence-electron chi connectivity index (χ3n) is 4.72. The lowest BCUT2D eigenvalue weighted by Gasteiger charge is -2.26. The summed E-state index contributed by atoms with van der Waals surface area (Å²) < 4.78 is 4.98. The molecule has 0 amide bonds. The largest absolute Gasteiger partial charge is 0.465 e. The lowest BCUT2D eigenvalue weighted by atomic mass is 10.1. The Morgan fingerprint density at radius 2 is 1.52 bits per heavy atom. The first-order valence-electron chi connectivity index (χ1n) is 9.31. The second kappa shape index (κ2) is 9.67. The molecular weight excluding hydrogens is 400 g/mol. The van der Waals surface area contributed by atoms with Crippen LogP contribution in [0.4, 0.5) is 5.00 Å². The minimum atomic E-state index is -0.352. The molecule has 0 saturated heterocycles. The first-order valence-corrected chi connectivity index (χ1v) is 10.5. The van der Waals surface area contributed by atoms with Crippen LogP contribution in [-0.2, 0) is 17.8 Å². The Morgan fingerprint density at radius 3 is 2.00 bits per heavy atom. The molecule has 0 saturated carbocycles. The maximum atomic E-state index is 12.3. The topological polar surface area (TPSA) is 41.6 Å². The predicted octanol–water partition coefficient (Wildman–Crippen LogP) is 5.55. The van der Waals surface area contributed by atoms with E-state index in [-0.39, 0.29) is 5.97 Å². The van der Waals surface area contributed by atoms with E-state index in [0.29, 0.717) is 23.8 Å². The number of esters is 1. The van der Waals surface area contributed by atoms with Crippen molar-refractivity contribution in [2.75, 3.05) is 12.4 Å². The SMILES string of the molecule is COC(=O)c1c(NC(=S)N(Cc2ccccc2)Cc2ccccc2)sc(C)c1C. The van der Waals surface area contributed by atoms with Gasteiger partial charge in [-0.3, -0.25) is 0 Å². The van der Waals surface area contributed by atoms with Crippen LogP contribution in [0.15, 0.2) is 60.7 Å². The van der Waals surface area contributed by atoms with Crippen molar-refractivity contribution in [3.05, 3.63) is 87.8 Å². The Balaban J connectivity index is 1.87. The molecule has 150 valence electrons. The van der Waals surface area contributed by atoms with Gasteiger partial charge in [0.05, 0.1) is 12.7 Å². The molecule has 2 aromatic carbocycles. The van der Waals surface area contributed by atoms with E-state index in [4.69, 9.17) is 17.0 Å². The van der Waals surface area contributed by atoms with Crippen LogP contribution in [-0.4, -0.2) is 23.1 Å². The molecule has 1 heterocycles. The number of benzene rings is 2. The highest BCUT2D eigenvalue weighted by atomic mass is 32.1. The van der Waals surface area contributed by atoms with Crippen molar-refractivity contribution in [2.45, 2.75) is 26.9 Å². The van der Waals surface area contributed by atoms with Gasteiger partial charge in [0, 0.05) is 18.0 Å². The summed E-state index contributed by atoms with van der Waals surface area (Å²) in [4.78, 5) is 15.5. The van der Waals surface area contributed by atoms with E-state index in [1.165, 1.54) is 29.6 Å². The molecular formula is C23H24N2O2S2. The number of thiocarbonyl (C=S) groups is 1. The first-order chi connectivity index (χ1) is 14.0. The zero-order chi connectivity index (χ0) is 20.8. The summed E-state index contributed by atoms with van der Waals surface area (Å²) in [5.41, 5.74) is 3.81. The Labute approximate surface area is 181 Å². The molecule has 29 heavy (non-hydrogen) atoms. The predicted molar refractivity (Wildman–Crippen MR) is 123 cm³/mol. The second-order valence-electron chi connectivity index (χ2n) is 6.74. The van der Waals surface area contributed by atoms with E-state index in [9.17, 15) is 4.79 Å². The van der Waals surface area contributed by atoms with Gasteiger partial charge in [0.15, 0.2) is 5.11 Å². The van der Waals surface area contributed by atoms with Crippen LogP contribution < -0.4 is 5.32 Å². The molecule has 3 rings (SSSR count). The number of hydrogen-bond donors (Lipinski definition) is 1. The van der Waals surface area contributed by atoms with E-state index >= 15 is 0 Å².